The van der Waals surface area contributed by atoms with Crippen molar-refractivity contribution in [2.75, 3.05) is 18.0 Å². The molecule has 94 valence electrons. The molecule has 1 aromatic carbocycles. The van der Waals surface area contributed by atoms with E-state index in [0.717, 1.165) is 31.6 Å². The number of hydrogen-bond donors (Lipinski definition) is 1. The van der Waals surface area contributed by atoms with E-state index in [0.29, 0.717) is 12.1 Å². The summed E-state index contributed by atoms with van der Waals surface area (Å²) >= 11 is 0. The molecule has 0 saturated carbocycles. The zero-order valence-corrected chi connectivity index (χ0v) is 10.6. The number of anilines is 1. The molecular formula is C14H21FN2. The molecule has 0 spiro atoms. The summed E-state index contributed by atoms with van der Waals surface area (Å²) in [6, 6.07) is 7.96. The molecule has 1 aromatic rings. The van der Waals surface area contributed by atoms with Crippen LogP contribution in [0, 0.1) is 5.82 Å². The molecule has 1 heterocycles. The van der Waals surface area contributed by atoms with Crippen molar-refractivity contribution in [3.63, 3.8) is 0 Å². The second-order valence-corrected chi connectivity index (χ2v) is 4.68. The molecule has 0 amide bonds. The number of piperazine rings is 1. The molecule has 1 fully saturated rings. The van der Waals surface area contributed by atoms with Crippen LogP contribution in [0.15, 0.2) is 24.3 Å². The van der Waals surface area contributed by atoms with E-state index in [4.69, 9.17) is 0 Å². The second kappa shape index (κ2) is 5.50. The molecule has 0 bridgehead atoms. The number of hydrogen-bond acceptors (Lipinski definition) is 2. The molecule has 3 heteroatoms. The van der Waals surface area contributed by atoms with Crippen LogP contribution in [0.3, 0.4) is 0 Å². The Kier molecular flexibility index (Phi) is 4.00. The van der Waals surface area contributed by atoms with E-state index < -0.39 is 0 Å². The Hall–Kier alpha value is -1.09. The fourth-order valence-electron chi connectivity index (χ4n) is 2.48. The quantitative estimate of drug-likeness (QED) is 0.868. The van der Waals surface area contributed by atoms with Gasteiger partial charge in [-0.2, -0.15) is 0 Å². The molecule has 0 aliphatic carbocycles. The second-order valence-electron chi connectivity index (χ2n) is 4.68. The topological polar surface area (TPSA) is 15.3 Å². The van der Waals surface area contributed by atoms with Gasteiger partial charge in [-0.3, -0.25) is 0 Å². The molecular weight excluding hydrogens is 215 g/mol. The van der Waals surface area contributed by atoms with Gasteiger partial charge in [0.05, 0.1) is 5.69 Å². The Morgan fingerprint density at radius 2 is 2.06 bits per heavy atom. The lowest BCUT2D eigenvalue weighted by Gasteiger charge is -2.41. The van der Waals surface area contributed by atoms with Crippen molar-refractivity contribution >= 4 is 5.69 Å². The van der Waals surface area contributed by atoms with E-state index >= 15 is 0 Å². The number of nitrogens with zero attached hydrogens (tertiary/aromatic N) is 1. The Morgan fingerprint density at radius 1 is 1.29 bits per heavy atom. The van der Waals surface area contributed by atoms with Gasteiger partial charge in [-0.25, -0.2) is 4.39 Å². The summed E-state index contributed by atoms with van der Waals surface area (Å²) in [4.78, 5) is 2.22. The van der Waals surface area contributed by atoms with E-state index in [1.165, 1.54) is 0 Å². The highest BCUT2D eigenvalue weighted by atomic mass is 19.1. The largest absolute Gasteiger partial charge is 0.363 e. The van der Waals surface area contributed by atoms with E-state index in [9.17, 15) is 4.39 Å². The van der Waals surface area contributed by atoms with Crippen LogP contribution in [0.1, 0.15) is 26.7 Å². The summed E-state index contributed by atoms with van der Waals surface area (Å²) in [6.45, 7) is 6.18. The van der Waals surface area contributed by atoms with Gasteiger partial charge < -0.3 is 10.2 Å². The predicted octanol–water partition coefficient (Wildman–Crippen LogP) is 2.79. The van der Waals surface area contributed by atoms with Crippen LogP contribution in [0.4, 0.5) is 10.1 Å². The Balaban J connectivity index is 2.23. The molecule has 1 saturated heterocycles. The van der Waals surface area contributed by atoms with Gasteiger partial charge in [0.15, 0.2) is 0 Å². The summed E-state index contributed by atoms with van der Waals surface area (Å²) in [5, 5.41) is 3.52. The molecule has 0 radical (unpaired) electrons. The molecule has 0 aromatic heterocycles. The lowest BCUT2D eigenvalue weighted by Crippen LogP contribution is -2.56. The number of rotatable bonds is 3. The van der Waals surface area contributed by atoms with E-state index in [-0.39, 0.29) is 5.82 Å². The summed E-state index contributed by atoms with van der Waals surface area (Å²) in [5.41, 5.74) is 0.749. The molecule has 2 rings (SSSR count). The van der Waals surface area contributed by atoms with Gasteiger partial charge in [-0.1, -0.05) is 26.0 Å². The van der Waals surface area contributed by atoms with Crippen LogP contribution in [0.2, 0.25) is 0 Å². The average Bonchev–Trinajstić information content (AvgIpc) is 2.38. The van der Waals surface area contributed by atoms with Crippen LogP contribution in [-0.2, 0) is 0 Å². The van der Waals surface area contributed by atoms with Gasteiger partial charge in [-0.15, -0.1) is 0 Å². The average molecular weight is 236 g/mol. The van der Waals surface area contributed by atoms with Gasteiger partial charge >= 0.3 is 0 Å². The molecule has 2 unspecified atom stereocenters. The van der Waals surface area contributed by atoms with Crippen molar-refractivity contribution in [2.45, 2.75) is 38.8 Å². The standard InChI is InChI=1S/C14H21FN2/c1-3-11-10-17(12(4-2)9-16-11)14-8-6-5-7-13(14)15/h5-8,11-12,16H,3-4,9-10H2,1-2H3. The zero-order valence-electron chi connectivity index (χ0n) is 10.6. The summed E-state index contributed by atoms with van der Waals surface area (Å²) in [6.07, 6.45) is 2.12. The number of halogens is 1. The Morgan fingerprint density at radius 3 is 2.71 bits per heavy atom. The first kappa shape index (κ1) is 12.4. The third kappa shape index (κ3) is 2.60. The Labute approximate surface area is 103 Å². The van der Waals surface area contributed by atoms with Gasteiger partial charge in [0.25, 0.3) is 0 Å². The fraction of sp³-hybridized carbons (Fsp3) is 0.571. The molecule has 1 aliphatic heterocycles. The number of para-hydroxylation sites is 1. The molecule has 1 N–H and O–H groups in total. The van der Waals surface area contributed by atoms with E-state index in [2.05, 4.69) is 24.1 Å². The first-order valence-electron chi connectivity index (χ1n) is 6.50. The Bertz CT molecular complexity index is 367. The molecule has 17 heavy (non-hydrogen) atoms. The predicted molar refractivity (Wildman–Crippen MR) is 69.9 cm³/mol. The highest BCUT2D eigenvalue weighted by Crippen LogP contribution is 2.24. The van der Waals surface area contributed by atoms with Crippen molar-refractivity contribution in [1.29, 1.82) is 0 Å². The van der Waals surface area contributed by atoms with Gasteiger partial charge in [0, 0.05) is 25.2 Å². The SMILES string of the molecule is CCC1CN(c2ccccc2F)C(CC)CN1. The van der Waals surface area contributed by atoms with Crippen LogP contribution in [0.5, 0.6) is 0 Å². The number of benzene rings is 1. The summed E-state index contributed by atoms with van der Waals surface area (Å²) < 4.78 is 13.9. The first-order chi connectivity index (χ1) is 8.26. The van der Waals surface area contributed by atoms with Gasteiger partial charge in [0.1, 0.15) is 5.82 Å². The fourth-order valence-corrected chi connectivity index (χ4v) is 2.48. The zero-order chi connectivity index (χ0) is 12.3. The van der Waals surface area contributed by atoms with Crippen molar-refractivity contribution in [3.8, 4) is 0 Å². The monoisotopic (exact) mass is 236 g/mol. The minimum atomic E-state index is -0.109. The molecule has 2 atom stereocenters. The van der Waals surface area contributed by atoms with Crippen molar-refractivity contribution in [2.24, 2.45) is 0 Å². The van der Waals surface area contributed by atoms with Crippen molar-refractivity contribution in [3.05, 3.63) is 30.1 Å². The van der Waals surface area contributed by atoms with Crippen LogP contribution >= 0.6 is 0 Å². The van der Waals surface area contributed by atoms with E-state index in [1.807, 2.05) is 12.1 Å². The van der Waals surface area contributed by atoms with E-state index in [1.54, 1.807) is 12.1 Å². The maximum Gasteiger partial charge on any atom is 0.146 e. The van der Waals surface area contributed by atoms with Crippen LogP contribution in [0.25, 0.3) is 0 Å². The minimum Gasteiger partial charge on any atom is -0.363 e. The first-order valence-corrected chi connectivity index (χ1v) is 6.50. The van der Waals surface area contributed by atoms with Crippen molar-refractivity contribution < 1.29 is 4.39 Å². The van der Waals surface area contributed by atoms with Gasteiger partial charge in [-0.05, 0) is 25.0 Å². The third-order valence-electron chi connectivity index (χ3n) is 3.63. The maximum atomic E-state index is 13.9. The highest BCUT2D eigenvalue weighted by molar-refractivity contribution is 5.49. The lowest BCUT2D eigenvalue weighted by atomic mass is 10.0. The third-order valence-corrected chi connectivity index (χ3v) is 3.63. The maximum absolute atomic E-state index is 13.9. The molecule has 1 aliphatic rings. The molecule has 2 nitrogen and oxygen atoms in total. The smallest absolute Gasteiger partial charge is 0.146 e. The highest BCUT2D eigenvalue weighted by Gasteiger charge is 2.27. The minimum absolute atomic E-state index is 0.109. The van der Waals surface area contributed by atoms with Crippen LogP contribution < -0.4 is 10.2 Å². The van der Waals surface area contributed by atoms with Gasteiger partial charge in [0.2, 0.25) is 0 Å². The van der Waals surface area contributed by atoms with Crippen molar-refractivity contribution in [1.82, 2.24) is 5.32 Å². The summed E-state index contributed by atoms with van der Waals surface area (Å²) in [7, 11) is 0. The normalized spacial score (nSPS) is 25.0. The summed E-state index contributed by atoms with van der Waals surface area (Å²) in [5.74, 6) is -0.109. The lowest BCUT2D eigenvalue weighted by molar-refractivity contribution is 0.375. The number of nitrogens with one attached hydrogen (secondary N) is 1. The van der Waals surface area contributed by atoms with Crippen LogP contribution in [-0.4, -0.2) is 25.2 Å².